The zero-order valence-corrected chi connectivity index (χ0v) is 14.0. The highest BCUT2D eigenvalue weighted by Gasteiger charge is 2.11. The van der Waals surface area contributed by atoms with Crippen LogP contribution in [0.3, 0.4) is 0 Å². The van der Waals surface area contributed by atoms with Crippen LogP contribution in [0.25, 0.3) is 0 Å². The van der Waals surface area contributed by atoms with Gasteiger partial charge in [0.15, 0.2) is 5.11 Å². The van der Waals surface area contributed by atoms with Gasteiger partial charge < -0.3 is 15.2 Å². The molecule has 0 fully saturated rings. The van der Waals surface area contributed by atoms with Crippen molar-refractivity contribution in [2.75, 3.05) is 12.4 Å². The first-order chi connectivity index (χ1) is 10.9. The van der Waals surface area contributed by atoms with Gasteiger partial charge in [-0.25, -0.2) is 0 Å². The summed E-state index contributed by atoms with van der Waals surface area (Å²) in [4.78, 5) is 12.2. The predicted octanol–water partition coefficient (Wildman–Crippen LogP) is 3.14. The molecule has 2 aromatic carbocycles. The van der Waals surface area contributed by atoms with Gasteiger partial charge in [-0.15, -0.1) is 0 Å². The van der Waals surface area contributed by atoms with Crippen molar-refractivity contribution in [3.63, 3.8) is 0 Å². The molecule has 0 heterocycles. The van der Waals surface area contributed by atoms with Crippen LogP contribution in [0.5, 0.6) is 11.5 Å². The number of aromatic hydroxyl groups is 1. The van der Waals surface area contributed by atoms with Gasteiger partial charge in [-0.3, -0.25) is 10.1 Å². The van der Waals surface area contributed by atoms with E-state index in [2.05, 4.69) is 10.6 Å². The first kappa shape index (κ1) is 16.8. The maximum Gasteiger partial charge on any atom is 0.257 e. The summed E-state index contributed by atoms with van der Waals surface area (Å²) in [5.41, 5.74) is 2.59. The Labute approximate surface area is 140 Å². The Hall–Kier alpha value is -2.60. The number of hydrogen-bond donors (Lipinski definition) is 3. The standard InChI is InChI=1S/C17H18N2O3S/c1-10-7-11(2)15(20)14(8-10)18-17(23)19-16(21)12-5-4-6-13(9-12)22-3/h4-9,20H,1-3H3,(H2,18,19,21,23). The molecule has 3 N–H and O–H groups in total. The second-order valence-corrected chi connectivity index (χ2v) is 5.53. The van der Waals surface area contributed by atoms with Gasteiger partial charge >= 0.3 is 0 Å². The fourth-order valence-electron chi connectivity index (χ4n) is 2.15. The number of phenols is 1. The molecule has 0 aromatic heterocycles. The van der Waals surface area contributed by atoms with Crippen LogP contribution in [-0.2, 0) is 0 Å². The molecule has 6 heteroatoms. The number of ether oxygens (including phenoxy) is 1. The summed E-state index contributed by atoms with van der Waals surface area (Å²) in [7, 11) is 1.53. The van der Waals surface area contributed by atoms with Crippen LogP contribution >= 0.6 is 12.2 Å². The molecular formula is C17H18N2O3S. The molecule has 0 unspecified atom stereocenters. The van der Waals surface area contributed by atoms with Crippen molar-refractivity contribution in [1.29, 1.82) is 0 Å². The molecule has 5 nitrogen and oxygen atoms in total. The third kappa shape index (κ3) is 4.20. The van der Waals surface area contributed by atoms with Gasteiger partial charge in [-0.2, -0.15) is 0 Å². The average molecular weight is 330 g/mol. The molecular weight excluding hydrogens is 312 g/mol. The SMILES string of the molecule is COc1cccc(C(=O)NC(=S)Nc2cc(C)cc(C)c2O)c1. The summed E-state index contributed by atoms with van der Waals surface area (Å²) in [6, 6.07) is 10.4. The molecule has 0 aliphatic carbocycles. The number of benzene rings is 2. The molecule has 23 heavy (non-hydrogen) atoms. The third-order valence-electron chi connectivity index (χ3n) is 3.25. The summed E-state index contributed by atoms with van der Waals surface area (Å²) >= 11 is 5.13. The number of phenolic OH excluding ortho intramolecular Hbond substituents is 1. The molecule has 120 valence electrons. The highest BCUT2D eigenvalue weighted by Crippen LogP contribution is 2.28. The van der Waals surface area contributed by atoms with Crippen LogP contribution in [0.4, 0.5) is 5.69 Å². The van der Waals surface area contributed by atoms with E-state index in [0.717, 1.165) is 11.1 Å². The maximum atomic E-state index is 12.2. The van der Waals surface area contributed by atoms with Gasteiger partial charge in [0.2, 0.25) is 0 Å². The Kier molecular flexibility index (Phi) is 5.18. The number of amides is 1. The van der Waals surface area contributed by atoms with Crippen molar-refractivity contribution in [2.45, 2.75) is 13.8 Å². The number of thiocarbonyl (C=S) groups is 1. The second-order valence-electron chi connectivity index (χ2n) is 5.12. The number of methoxy groups -OCH3 is 1. The number of hydrogen-bond acceptors (Lipinski definition) is 4. The fourth-order valence-corrected chi connectivity index (χ4v) is 2.35. The zero-order valence-electron chi connectivity index (χ0n) is 13.1. The molecule has 0 saturated heterocycles. The van der Waals surface area contributed by atoms with E-state index >= 15 is 0 Å². The number of rotatable bonds is 3. The van der Waals surface area contributed by atoms with Gasteiger partial charge in [-0.05, 0) is 61.5 Å². The summed E-state index contributed by atoms with van der Waals surface area (Å²) in [5.74, 6) is 0.335. The van der Waals surface area contributed by atoms with Crippen LogP contribution in [-0.4, -0.2) is 23.2 Å². The van der Waals surface area contributed by atoms with Gasteiger partial charge in [-0.1, -0.05) is 12.1 Å². The smallest absolute Gasteiger partial charge is 0.257 e. The van der Waals surface area contributed by atoms with E-state index in [-0.39, 0.29) is 16.8 Å². The van der Waals surface area contributed by atoms with Crippen LogP contribution in [0.2, 0.25) is 0 Å². The van der Waals surface area contributed by atoms with E-state index in [1.165, 1.54) is 7.11 Å². The van der Waals surface area contributed by atoms with Gasteiger partial charge in [0.25, 0.3) is 5.91 Å². The number of nitrogens with one attached hydrogen (secondary N) is 2. The predicted molar refractivity (Wildman–Crippen MR) is 94.3 cm³/mol. The van der Waals surface area contributed by atoms with Crippen molar-refractivity contribution >= 4 is 28.9 Å². The van der Waals surface area contributed by atoms with E-state index in [4.69, 9.17) is 17.0 Å². The molecule has 0 aliphatic heterocycles. The lowest BCUT2D eigenvalue weighted by Gasteiger charge is -2.13. The zero-order chi connectivity index (χ0) is 17.0. The second kappa shape index (κ2) is 7.11. The monoisotopic (exact) mass is 330 g/mol. The van der Waals surface area contributed by atoms with Crippen molar-refractivity contribution in [2.24, 2.45) is 0 Å². The Balaban J connectivity index is 2.09. The minimum atomic E-state index is -0.356. The van der Waals surface area contributed by atoms with Crippen LogP contribution in [0.1, 0.15) is 21.5 Å². The van der Waals surface area contributed by atoms with Crippen molar-refractivity contribution < 1.29 is 14.6 Å². The quantitative estimate of drug-likeness (QED) is 0.596. The van der Waals surface area contributed by atoms with Gasteiger partial charge in [0, 0.05) is 5.56 Å². The Bertz CT molecular complexity index is 759. The highest BCUT2D eigenvalue weighted by molar-refractivity contribution is 7.80. The molecule has 1 amide bonds. The van der Waals surface area contributed by atoms with Crippen molar-refractivity contribution in [3.8, 4) is 11.5 Å². The van der Waals surface area contributed by atoms with Crippen LogP contribution in [0, 0.1) is 13.8 Å². The minimum absolute atomic E-state index is 0.105. The Morgan fingerprint density at radius 2 is 1.96 bits per heavy atom. The Morgan fingerprint density at radius 3 is 2.65 bits per heavy atom. The molecule has 0 atom stereocenters. The Morgan fingerprint density at radius 1 is 1.22 bits per heavy atom. The number of aryl methyl sites for hydroxylation is 2. The molecule has 0 radical (unpaired) electrons. The van der Waals surface area contributed by atoms with E-state index < -0.39 is 0 Å². The van der Waals surface area contributed by atoms with Crippen LogP contribution < -0.4 is 15.4 Å². The lowest BCUT2D eigenvalue weighted by Crippen LogP contribution is -2.34. The summed E-state index contributed by atoms with van der Waals surface area (Å²) in [6.45, 7) is 3.71. The average Bonchev–Trinajstić information content (AvgIpc) is 2.52. The van der Waals surface area contributed by atoms with E-state index in [9.17, 15) is 9.90 Å². The normalized spacial score (nSPS) is 10.0. The topological polar surface area (TPSA) is 70.6 Å². The van der Waals surface area contributed by atoms with Crippen LogP contribution in [0.15, 0.2) is 36.4 Å². The number of carbonyl (C=O) groups excluding carboxylic acids is 1. The summed E-state index contributed by atoms with van der Waals surface area (Å²) in [5, 5.41) is 15.6. The number of carbonyl (C=O) groups is 1. The first-order valence-corrected chi connectivity index (χ1v) is 7.38. The lowest BCUT2D eigenvalue weighted by molar-refractivity contribution is 0.0977. The molecule has 0 saturated carbocycles. The summed E-state index contributed by atoms with van der Waals surface area (Å²) < 4.78 is 5.09. The minimum Gasteiger partial charge on any atom is -0.505 e. The van der Waals surface area contributed by atoms with Gasteiger partial charge in [0.1, 0.15) is 11.5 Å². The van der Waals surface area contributed by atoms with E-state index in [1.54, 1.807) is 37.3 Å². The maximum absolute atomic E-state index is 12.2. The highest BCUT2D eigenvalue weighted by atomic mass is 32.1. The fraction of sp³-hybridized carbons (Fsp3) is 0.176. The number of anilines is 1. The molecule has 2 rings (SSSR count). The molecule has 0 spiro atoms. The lowest BCUT2D eigenvalue weighted by atomic mass is 10.1. The summed E-state index contributed by atoms with van der Waals surface area (Å²) in [6.07, 6.45) is 0. The van der Waals surface area contributed by atoms with Crippen molar-refractivity contribution in [3.05, 3.63) is 53.1 Å². The molecule has 0 bridgehead atoms. The third-order valence-corrected chi connectivity index (χ3v) is 3.46. The van der Waals surface area contributed by atoms with Crippen molar-refractivity contribution in [1.82, 2.24) is 5.32 Å². The van der Waals surface area contributed by atoms with Gasteiger partial charge in [0.05, 0.1) is 12.8 Å². The molecule has 0 aliphatic rings. The largest absolute Gasteiger partial charge is 0.505 e. The van der Waals surface area contributed by atoms with E-state index in [1.807, 2.05) is 13.0 Å². The first-order valence-electron chi connectivity index (χ1n) is 6.97. The van der Waals surface area contributed by atoms with E-state index in [0.29, 0.717) is 17.0 Å². The molecule has 2 aromatic rings.